The number of para-hydroxylation sites is 1. The van der Waals surface area contributed by atoms with Gasteiger partial charge in [-0.25, -0.2) is 0 Å². The Morgan fingerprint density at radius 1 is 1.45 bits per heavy atom. The second-order valence-electron chi connectivity index (χ2n) is 5.46. The first-order valence-corrected chi connectivity index (χ1v) is 7.31. The van der Waals surface area contributed by atoms with Crippen LogP contribution in [0, 0.1) is 0 Å². The minimum absolute atomic E-state index is 0.0455. The number of Topliss-reactive ketones (excluding diaryl/α,β-unsaturated/α-hetero) is 1. The van der Waals surface area contributed by atoms with E-state index in [9.17, 15) is 4.79 Å². The number of hydrogen-bond donors (Lipinski definition) is 1. The number of hydrogen-bond acceptors (Lipinski definition) is 4. The average Bonchev–Trinajstić information content (AvgIpc) is 2.92. The quantitative estimate of drug-likeness (QED) is 0.773. The van der Waals surface area contributed by atoms with Crippen LogP contribution >= 0.6 is 0 Å². The van der Waals surface area contributed by atoms with Gasteiger partial charge in [0.15, 0.2) is 5.78 Å². The minimum atomic E-state index is 0.0455. The van der Waals surface area contributed by atoms with E-state index in [0.717, 1.165) is 19.6 Å². The lowest BCUT2D eigenvalue weighted by atomic mass is 10.1. The Balaban J connectivity index is 1.76. The summed E-state index contributed by atoms with van der Waals surface area (Å²) >= 11 is 0. The lowest BCUT2D eigenvalue weighted by molar-refractivity contribution is 0.101. The highest BCUT2D eigenvalue weighted by Gasteiger charge is 2.15. The molecule has 1 atom stereocenters. The molecule has 1 fully saturated rings. The highest BCUT2D eigenvalue weighted by molar-refractivity contribution is 5.96. The predicted octanol–water partition coefficient (Wildman–Crippen LogP) is 1.95. The molecule has 110 valence electrons. The molecule has 2 rings (SSSR count). The van der Waals surface area contributed by atoms with Crippen molar-refractivity contribution in [1.29, 1.82) is 0 Å². The maximum Gasteiger partial charge on any atom is 0.163 e. The van der Waals surface area contributed by atoms with E-state index >= 15 is 0 Å². The number of ether oxygens (including phenoxy) is 1. The molecule has 0 bridgehead atoms. The summed E-state index contributed by atoms with van der Waals surface area (Å²) in [6, 6.07) is 8.04. The van der Waals surface area contributed by atoms with Gasteiger partial charge in [-0.3, -0.25) is 4.79 Å². The summed E-state index contributed by atoms with van der Waals surface area (Å²) in [5.41, 5.74) is 0.660. The molecular formula is C16H24N2O2. The molecule has 0 amide bonds. The van der Waals surface area contributed by atoms with Gasteiger partial charge in [0.1, 0.15) is 12.4 Å². The molecule has 1 aromatic carbocycles. The second kappa shape index (κ2) is 7.41. The molecule has 1 unspecified atom stereocenters. The van der Waals surface area contributed by atoms with E-state index in [0.29, 0.717) is 24.0 Å². The lowest BCUT2D eigenvalue weighted by Crippen LogP contribution is -2.37. The summed E-state index contributed by atoms with van der Waals surface area (Å²) in [5.74, 6) is 0.733. The zero-order valence-corrected chi connectivity index (χ0v) is 12.4. The molecule has 1 heterocycles. The molecule has 1 N–H and O–H groups in total. The fraction of sp³-hybridized carbons (Fsp3) is 0.562. The molecule has 0 aromatic heterocycles. The maximum absolute atomic E-state index is 11.5. The van der Waals surface area contributed by atoms with E-state index in [-0.39, 0.29) is 5.78 Å². The third-order valence-corrected chi connectivity index (χ3v) is 3.69. The van der Waals surface area contributed by atoms with Gasteiger partial charge in [-0.1, -0.05) is 12.1 Å². The van der Waals surface area contributed by atoms with Crippen molar-refractivity contribution < 1.29 is 9.53 Å². The van der Waals surface area contributed by atoms with E-state index in [1.807, 2.05) is 24.3 Å². The Labute approximate surface area is 121 Å². The van der Waals surface area contributed by atoms with Crippen LogP contribution in [0.15, 0.2) is 24.3 Å². The van der Waals surface area contributed by atoms with Crippen molar-refractivity contribution in [2.24, 2.45) is 0 Å². The smallest absolute Gasteiger partial charge is 0.163 e. The Bertz CT molecular complexity index is 442. The molecule has 0 saturated carbocycles. The third kappa shape index (κ3) is 4.32. The summed E-state index contributed by atoms with van der Waals surface area (Å²) in [6.07, 6.45) is 2.54. The molecule has 0 aliphatic carbocycles. The van der Waals surface area contributed by atoms with Gasteiger partial charge in [-0.2, -0.15) is 0 Å². The monoisotopic (exact) mass is 276 g/mol. The Hall–Kier alpha value is -1.39. The van der Waals surface area contributed by atoms with Crippen LogP contribution in [-0.2, 0) is 0 Å². The van der Waals surface area contributed by atoms with Gasteiger partial charge in [-0.15, -0.1) is 0 Å². The van der Waals surface area contributed by atoms with E-state index in [1.54, 1.807) is 6.92 Å². The van der Waals surface area contributed by atoms with Gasteiger partial charge in [-0.05, 0) is 45.5 Å². The number of benzene rings is 1. The van der Waals surface area contributed by atoms with Crippen LogP contribution in [0.5, 0.6) is 5.75 Å². The van der Waals surface area contributed by atoms with Crippen molar-refractivity contribution in [1.82, 2.24) is 10.2 Å². The van der Waals surface area contributed by atoms with Crippen LogP contribution < -0.4 is 10.1 Å². The van der Waals surface area contributed by atoms with Gasteiger partial charge in [0.25, 0.3) is 0 Å². The van der Waals surface area contributed by atoms with Crippen LogP contribution in [0.25, 0.3) is 0 Å². The summed E-state index contributed by atoms with van der Waals surface area (Å²) in [5, 5.41) is 3.49. The first-order chi connectivity index (χ1) is 9.66. The molecule has 1 aliphatic heterocycles. The Morgan fingerprint density at radius 3 is 2.95 bits per heavy atom. The number of carbonyl (C=O) groups excluding carboxylic acids is 1. The van der Waals surface area contributed by atoms with E-state index in [1.165, 1.54) is 12.8 Å². The number of rotatable bonds is 7. The summed E-state index contributed by atoms with van der Waals surface area (Å²) in [7, 11) is 2.11. The van der Waals surface area contributed by atoms with Crippen LogP contribution in [0.2, 0.25) is 0 Å². The number of nitrogens with zero attached hydrogens (tertiary/aromatic N) is 1. The van der Waals surface area contributed by atoms with Crippen molar-refractivity contribution >= 4 is 5.78 Å². The molecule has 0 radical (unpaired) electrons. The number of ketones is 1. The van der Waals surface area contributed by atoms with Gasteiger partial charge >= 0.3 is 0 Å². The Kier molecular flexibility index (Phi) is 5.56. The fourth-order valence-corrected chi connectivity index (χ4v) is 2.57. The molecule has 4 heteroatoms. The average molecular weight is 276 g/mol. The zero-order chi connectivity index (χ0) is 14.4. The second-order valence-corrected chi connectivity index (χ2v) is 5.46. The first-order valence-electron chi connectivity index (χ1n) is 7.31. The van der Waals surface area contributed by atoms with Crippen LogP contribution in [0.4, 0.5) is 0 Å². The normalized spacial score (nSPS) is 18.4. The SMILES string of the molecule is CC(=O)c1ccccc1OCCN(C)CC1CCCN1. The maximum atomic E-state index is 11.5. The molecule has 20 heavy (non-hydrogen) atoms. The molecule has 1 aliphatic rings. The molecule has 0 spiro atoms. The van der Waals surface area contributed by atoms with Gasteiger partial charge < -0.3 is 15.0 Å². The van der Waals surface area contributed by atoms with E-state index in [4.69, 9.17) is 4.74 Å². The Morgan fingerprint density at radius 2 is 2.25 bits per heavy atom. The number of carbonyl (C=O) groups is 1. The first kappa shape index (κ1) is 15.0. The van der Waals surface area contributed by atoms with Crippen LogP contribution in [0.1, 0.15) is 30.1 Å². The summed E-state index contributed by atoms with van der Waals surface area (Å²) < 4.78 is 5.75. The zero-order valence-electron chi connectivity index (χ0n) is 12.4. The van der Waals surface area contributed by atoms with Gasteiger partial charge in [0.2, 0.25) is 0 Å². The highest BCUT2D eigenvalue weighted by atomic mass is 16.5. The largest absolute Gasteiger partial charge is 0.491 e. The molecule has 1 saturated heterocycles. The van der Waals surface area contributed by atoms with Crippen molar-refractivity contribution in [2.75, 3.05) is 33.3 Å². The number of likely N-dealkylation sites (N-methyl/N-ethyl adjacent to an activating group) is 1. The van der Waals surface area contributed by atoms with E-state index < -0.39 is 0 Å². The van der Waals surface area contributed by atoms with E-state index in [2.05, 4.69) is 17.3 Å². The van der Waals surface area contributed by atoms with Crippen LogP contribution in [-0.4, -0.2) is 50.0 Å². The third-order valence-electron chi connectivity index (χ3n) is 3.69. The van der Waals surface area contributed by atoms with Gasteiger partial charge in [0.05, 0.1) is 5.56 Å². The lowest BCUT2D eigenvalue weighted by Gasteiger charge is -2.21. The number of nitrogens with one attached hydrogen (secondary N) is 1. The standard InChI is InChI=1S/C16H24N2O2/c1-13(19)15-7-3-4-8-16(15)20-11-10-18(2)12-14-6-5-9-17-14/h3-4,7-8,14,17H,5-6,9-12H2,1-2H3. The van der Waals surface area contributed by atoms with Crippen molar-refractivity contribution in [3.63, 3.8) is 0 Å². The molecule has 1 aromatic rings. The van der Waals surface area contributed by atoms with Crippen molar-refractivity contribution in [2.45, 2.75) is 25.8 Å². The molecular weight excluding hydrogens is 252 g/mol. The highest BCUT2D eigenvalue weighted by Crippen LogP contribution is 2.18. The van der Waals surface area contributed by atoms with Crippen molar-refractivity contribution in [3.05, 3.63) is 29.8 Å². The van der Waals surface area contributed by atoms with Crippen LogP contribution in [0.3, 0.4) is 0 Å². The van der Waals surface area contributed by atoms with Gasteiger partial charge in [0, 0.05) is 19.1 Å². The summed E-state index contributed by atoms with van der Waals surface area (Å²) in [4.78, 5) is 13.8. The summed E-state index contributed by atoms with van der Waals surface area (Å²) in [6.45, 7) is 5.23. The topological polar surface area (TPSA) is 41.6 Å². The minimum Gasteiger partial charge on any atom is -0.491 e. The fourth-order valence-electron chi connectivity index (χ4n) is 2.57. The predicted molar refractivity (Wildman–Crippen MR) is 80.5 cm³/mol. The molecule has 4 nitrogen and oxygen atoms in total. The van der Waals surface area contributed by atoms with Crippen molar-refractivity contribution in [3.8, 4) is 5.75 Å².